The van der Waals surface area contributed by atoms with Crippen LogP contribution in [0, 0.1) is 17.2 Å². The fraction of sp³-hybridized carbons (Fsp3) is 0.385. The topological polar surface area (TPSA) is 59.3 Å². The molecule has 1 rings (SSSR count). The SMILES string of the molecule is COc1ccc(C(=O)CC(C)C#N)c(OC)c1. The van der Waals surface area contributed by atoms with Crippen molar-refractivity contribution in [2.75, 3.05) is 14.2 Å². The minimum absolute atomic E-state index is 0.0986. The first-order chi connectivity index (χ1) is 8.12. The third kappa shape index (κ3) is 3.22. The van der Waals surface area contributed by atoms with Gasteiger partial charge in [-0.1, -0.05) is 0 Å². The van der Waals surface area contributed by atoms with Crippen molar-refractivity contribution in [1.82, 2.24) is 0 Å². The highest BCUT2D eigenvalue weighted by molar-refractivity contribution is 5.99. The summed E-state index contributed by atoms with van der Waals surface area (Å²) in [7, 11) is 3.05. The van der Waals surface area contributed by atoms with E-state index < -0.39 is 0 Å². The van der Waals surface area contributed by atoms with E-state index >= 15 is 0 Å². The molecule has 1 aromatic rings. The largest absolute Gasteiger partial charge is 0.497 e. The van der Waals surface area contributed by atoms with E-state index in [-0.39, 0.29) is 18.1 Å². The average Bonchev–Trinajstić information content (AvgIpc) is 2.37. The number of carbonyl (C=O) groups is 1. The Labute approximate surface area is 101 Å². The molecule has 1 atom stereocenters. The van der Waals surface area contributed by atoms with Crippen LogP contribution >= 0.6 is 0 Å². The average molecular weight is 233 g/mol. The number of ether oxygens (including phenoxy) is 2. The van der Waals surface area contributed by atoms with Crippen molar-refractivity contribution in [3.8, 4) is 17.6 Å². The fourth-order valence-electron chi connectivity index (χ4n) is 1.46. The highest BCUT2D eigenvalue weighted by Crippen LogP contribution is 2.26. The number of methoxy groups -OCH3 is 2. The van der Waals surface area contributed by atoms with E-state index in [1.807, 2.05) is 6.07 Å². The first-order valence-electron chi connectivity index (χ1n) is 5.27. The highest BCUT2D eigenvalue weighted by atomic mass is 16.5. The van der Waals surface area contributed by atoms with Gasteiger partial charge in [0.25, 0.3) is 0 Å². The molecule has 0 amide bonds. The lowest BCUT2D eigenvalue weighted by molar-refractivity contribution is 0.0970. The van der Waals surface area contributed by atoms with E-state index in [1.54, 1.807) is 32.2 Å². The van der Waals surface area contributed by atoms with Crippen molar-refractivity contribution >= 4 is 5.78 Å². The number of carbonyl (C=O) groups excluding carboxylic acids is 1. The molecule has 0 aliphatic heterocycles. The van der Waals surface area contributed by atoms with Gasteiger partial charge in [-0.15, -0.1) is 0 Å². The second-order valence-corrected chi connectivity index (χ2v) is 3.72. The Bertz CT molecular complexity index is 448. The smallest absolute Gasteiger partial charge is 0.167 e. The number of hydrogen-bond donors (Lipinski definition) is 0. The number of nitrogens with zero attached hydrogens (tertiary/aromatic N) is 1. The molecule has 0 aliphatic carbocycles. The maximum absolute atomic E-state index is 11.9. The zero-order chi connectivity index (χ0) is 12.8. The zero-order valence-electron chi connectivity index (χ0n) is 10.2. The van der Waals surface area contributed by atoms with Gasteiger partial charge in [0.15, 0.2) is 5.78 Å². The summed E-state index contributed by atoms with van der Waals surface area (Å²) in [6.07, 6.45) is 0.194. The van der Waals surface area contributed by atoms with E-state index in [0.29, 0.717) is 17.1 Å². The van der Waals surface area contributed by atoms with Crippen molar-refractivity contribution in [2.24, 2.45) is 5.92 Å². The maximum Gasteiger partial charge on any atom is 0.167 e. The summed E-state index contributed by atoms with van der Waals surface area (Å²) in [4.78, 5) is 11.9. The summed E-state index contributed by atoms with van der Waals surface area (Å²) in [5, 5.41) is 8.69. The van der Waals surface area contributed by atoms with Gasteiger partial charge in [0.2, 0.25) is 0 Å². The van der Waals surface area contributed by atoms with Crippen LogP contribution < -0.4 is 9.47 Å². The molecule has 1 aromatic carbocycles. The molecule has 0 N–H and O–H groups in total. The van der Waals surface area contributed by atoms with Gasteiger partial charge in [-0.05, 0) is 19.1 Å². The normalized spacial score (nSPS) is 11.4. The number of hydrogen-bond acceptors (Lipinski definition) is 4. The standard InChI is InChI=1S/C13H15NO3/c1-9(8-14)6-12(15)11-5-4-10(16-2)7-13(11)17-3/h4-5,7,9H,6H2,1-3H3. The van der Waals surface area contributed by atoms with Gasteiger partial charge in [0, 0.05) is 12.5 Å². The van der Waals surface area contributed by atoms with Crippen molar-refractivity contribution in [3.05, 3.63) is 23.8 Å². The van der Waals surface area contributed by atoms with Crippen LogP contribution in [0.25, 0.3) is 0 Å². The summed E-state index contributed by atoms with van der Waals surface area (Å²) >= 11 is 0. The van der Waals surface area contributed by atoms with Gasteiger partial charge in [-0.2, -0.15) is 5.26 Å². The predicted molar refractivity (Wildman–Crippen MR) is 63.3 cm³/mol. The Morgan fingerprint density at radius 1 is 1.41 bits per heavy atom. The fourth-order valence-corrected chi connectivity index (χ4v) is 1.46. The molecule has 0 saturated heterocycles. The number of Topliss-reactive ketones (excluding diaryl/α,β-unsaturated/α-hetero) is 1. The summed E-state index contributed by atoms with van der Waals surface area (Å²) < 4.78 is 10.2. The molecule has 4 nitrogen and oxygen atoms in total. The summed E-state index contributed by atoms with van der Waals surface area (Å²) in [5.41, 5.74) is 0.482. The molecule has 4 heteroatoms. The van der Waals surface area contributed by atoms with Crippen molar-refractivity contribution < 1.29 is 14.3 Å². The van der Waals surface area contributed by atoms with Crippen LogP contribution in [0.1, 0.15) is 23.7 Å². The first kappa shape index (κ1) is 13.0. The van der Waals surface area contributed by atoms with Crippen molar-refractivity contribution in [1.29, 1.82) is 5.26 Å². The molecule has 0 aromatic heterocycles. The lowest BCUT2D eigenvalue weighted by Gasteiger charge is -2.09. The van der Waals surface area contributed by atoms with Gasteiger partial charge < -0.3 is 9.47 Å². The van der Waals surface area contributed by atoms with Crippen LogP contribution in [0.3, 0.4) is 0 Å². The van der Waals surface area contributed by atoms with Gasteiger partial charge in [0.1, 0.15) is 11.5 Å². The quantitative estimate of drug-likeness (QED) is 0.733. The maximum atomic E-state index is 11.9. The van der Waals surface area contributed by atoms with Crippen molar-refractivity contribution in [3.63, 3.8) is 0 Å². The minimum Gasteiger partial charge on any atom is -0.497 e. The molecule has 0 bridgehead atoms. The van der Waals surface area contributed by atoms with Crippen LogP contribution in [0.15, 0.2) is 18.2 Å². The third-order valence-corrected chi connectivity index (χ3v) is 2.42. The minimum atomic E-state index is -0.297. The number of ketones is 1. The molecule has 0 heterocycles. The molecule has 0 aliphatic rings. The van der Waals surface area contributed by atoms with E-state index in [9.17, 15) is 4.79 Å². The molecular weight excluding hydrogens is 218 g/mol. The number of benzene rings is 1. The summed E-state index contributed by atoms with van der Waals surface area (Å²) in [6.45, 7) is 1.72. The molecule has 0 radical (unpaired) electrons. The Balaban J connectivity index is 2.97. The lowest BCUT2D eigenvalue weighted by atomic mass is 10.00. The highest BCUT2D eigenvalue weighted by Gasteiger charge is 2.15. The van der Waals surface area contributed by atoms with E-state index in [0.717, 1.165) is 0 Å². The molecule has 90 valence electrons. The molecule has 0 spiro atoms. The molecular formula is C13H15NO3. The molecule has 17 heavy (non-hydrogen) atoms. The monoisotopic (exact) mass is 233 g/mol. The van der Waals surface area contributed by atoms with Gasteiger partial charge in [-0.3, -0.25) is 4.79 Å². The zero-order valence-corrected chi connectivity index (χ0v) is 10.2. The summed E-state index contributed by atoms with van der Waals surface area (Å²) in [5.74, 6) is 0.707. The van der Waals surface area contributed by atoms with Crippen LogP contribution in [0.5, 0.6) is 11.5 Å². The second kappa shape index (κ2) is 5.90. The number of nitriles is 1. The molecule has 1 unspecified atom stereocenters. The number of rotatable bonds is 5. The second-order valence-electron chi connectivity index (χ2n) is 3.72. The first-order valence-corrected chi connectivity index (χ1v) is 5.27. The van der Waals surface area contributed by atoms with Gasteiger partial charge in [0.05, 0.1) is 31.8 Å². The van der Waals surface area contributed by atoms with Crippen LogP contribution in [0.2, 0.25) is 0 Å². The van der Waals surface area contributed by atoms with Crippen molar-refractivity contribution in [2.45, 2.75) is 13.3 Å². The van der Waals surface area contributed by atoms with Crippen LogP contribution in [-0.2, 0) is 0 Å². The molecule has 0 fully saturated rings. The van der Waals surface area contributed by atoms with Gasteiger partial charge >= 0.3 is 0 Å². The third-order valence-electron chi connectivity index (χ3n) is 2.42. The van der Waals surface area contributed by atoms with E-state index in [2.05, 4.69) is 0 Å². The van der Waals surface area contributed by atoms with Gasteiger partial charge in [-0.25, -0.2) is 0 Å². The predicted octanol–water partition coefficient (Wildman–Crippen LogP) is 2.44. The lowest BCUT2D eigenvalue weighted by Crippen LogP contribution is -2.06. The van der Waals surface area contributed by atoms with E-state index in [1.165, 1.54) is 7.11 Å². The Morgan fingerprint density at radius 3 is 2.65 bits per heavy atom. The Kier molecular flexibility index (Phi) is 4.53. The van der Waals surface area contributed by atoms with E-state index in [4.69, 9.17) is 14.7 Å². The Morgan fingerprint density at radius 2 is 2.12 bits per heavy atom. The van der Waals surface area contributed by atoms with Crippen LogP contribution in [0.4, 0.5) is 0 Å². The van der Waals surface area contributed by atoms with Crippen LogP contribution in [-0.4, -0.2) is 20.0 Å². The summed E-state index contributed by atoms with van der Waals surface area (Å²) in [6, 6.07) is 7.05. The molecule has 0 saturated carbocycles. The Hall–Kier alpha value is -2.02.